The lowest BCUT2D eigenvalue weighted by molar-refractivity contribution is 0.149. The van der Waals surface area contributed by atoms with Crippen molar-refractivity contribution in [2.45, 2.75) is 63.1 Å². The number of nitrogens with zero attached hydrogens (tertiary/aromatic N) is 1. The number of piperidine rings is 1. The van der Waals surface area contributed by atoms with Crippen molar-refractivity contribution in [1.82, 2.24) is 10.2 Å². The Bertz CT molecular complexity index is 208. The molecule has 2 fully saturated rings. The van der Waals surface area contributed by atoms with Crippen molar-refractivity contribution < 1.29 is 0 Å². The second kappa shape index (κ2) is 7.01. The maximum absolute atomic E-state index is 3.79. The quantitative estimate of drug-likeness (QED) is 0.705. The summed E-state index contributed by atoms with van der Waals surface area (Å²) in [7, 11) is 2.32. The third-order valence-electron chi connectivity index (χ3n) is 4.56. The molecule has 0 spiro atoms. The van der Waals surface area contributed by atoms with Gasteiger partial charge in [-0.1, -0.05) is 6.42 Å². The number of nitrogens with one attached hydrogen (secondary N) is 1. The third-order valence-corrected chi connectivity index (χ3v) is 5.25. The Morgan fingerprint density at radius 2 is 1.82 bits per heavy atom. The number of hydrogen-bond acceptors (Lipinski definition) is 3. The van der Waals surface area contributed by atoms with E-state index in [2.05, 4.69) is 23.5 Å². The second-order valence-electron chi connectivity index (χ2n) is 5.73. The third kappa shape index (κ3) is 3.87. The largest absolute Gasteiger partial charge is 0.314 e. The summed E-state index contributed by atoms with van der Waals surface area (Å²) in [6.07, 6.45) is 12.0. The van der Waals surface area contributed by atoms with Crippen LogP contribution in [0.25, 0.3) is 0 Å². The summed E-state index contributed by atoms with van der Waals surface area (Å²) in [4.78, 5) is 2.62. The maximum Gasteiger partial charge on any atom is 0.0111 e. The van der Waals surface area contributed by atoms with Crippen LogP contribution in [0, 0.1) is 0 Å². The van der Waals surface area contributed by atoms with E-state index in [-0.39, 0.29) is 0 Å². The van der Waals surface area contributed by atoms with Gasteiger partial charge in [0.15, 0.2) is 0 Å². The first-order valence-electron chi connectivity index (χ1n) is 7.25. The molecule has 0 aliphatic carbocycles. The smallest absolute Gasteiger partial charge is 0.0111 e. The highest BCUT2D eigenvalue weighted by atomic mass is 32.2. The van der Waals surface area contributed by atoms with Crippen molar-refractivity contribution in [3.05, 3.63) is 0 Å². The van der Waals surface area contributed by atoms with Gasteiger partial charge in [-0.15, -0.1) is 0 Å². The Labute approximate surface area is 111 Å². The molecule has 2 aliphatic rings. The Morgan fingerprint density at radius 3 is 2.47 bits per heavy atom. The van der Waals surface area contributed by atoms with E-state index >= 15 is 0 Å². The van der Waals surface area contributed by atoms with Gasteiger partial charge in [-0.05, 0) is 64.1 Å². The second-order valence-corrected chi connectivity index (χ2v) is 6.71. The van der Waals surface area contributed by atoms with Crippen molar-refractivity contribution in [2.24, 2.45) is 0 Å². The lowest BCUT2D eigenvalue weighted by Crippen LogP contribution is -2.47. The van der Waals surface area contributed by atoms with Crippen LogP contribution in [-0.2, 0) is 0 Å². The van der Waals surface area contributed by atoms with E-state index < -0.39 is 0 Å². The Balaban J connectivity index is 1.55. The van der Waals surface area contributed by atoms with Gasteiger partial charge in [-0.3, -0.25) is 0 Å². The zero-order chi connectivity index (χ0) is 12.1. The highest BCUT2D eigenvalue weighted by Gasteiger charge is 2.37. The lowest BCUT2D eigenvalue weighted by Gasteiger charge is -2.36. The zero-order valence-electron chi connectivity index (χ0n) is 11.5. The van der Waals surface area contributed by atoms with E-state index in [0.717, 1.165) is 18.1 Å². The molecule has 0 aromatic rings. The molecule has 1 N–H and O–H groups in total. The molecule has 2 bridgehead atoms. The minimum absolute atomic E-state index is 0.809. The summed E-state index contributed by atoms with van der Waals surface area (Å²) in [5, 5.41) is 3.79. The van der Waals surface area contributed by atoms with Crippen LogP contribution >= 0.6 is 11.8 Å². The molecule has 3 heteroatoms. The van der Waals surface area contributed by atoms with Crippen LogP contribution in [0.2, 0.25) is 0 Å². The van der Waals surface area contributed by atoms with Crippen molar-refractivity contribution in [1.29, 1.82) is 0 Å². The molecule has 0 aromatic heterocycles. The van der Waals surface area contributed by atoms with E-state index in [1.165, 1.54) is 57.2 Å². The standard InChI is InChI=1S/C14H28N2S/c1-16-13-6-7-14(16)11-12(10-13)15-8-4-3-5-9-17-2/h12-15H,3-11H2,1-2H3. The predicted molar refractivity (Wildman–Crippen MR) is 77.8 cm³/mol. The topological polar surface area (TPSA) is 15.3 Å². The molecular weight excluding hydrogens is 228 g/mol. The van der Waals surface area contributed by atoms with E-state index in [1.807, 2.05) is 11.8 Å². The molecule has 17 heavy (non-hydrogen) atoms. The van der Waals surface area contributed by atoms with Gasteiger partial charge in [0.2, 0.25) is 0 Å². The van der Waals surface area contributed by atoms with Gasteiger partial charge >= 0.3 is 0 Å². The summed E-state index contributed by atoms with van der Waals surface area (Å²) >= 11 is 1.97. The van der Waals surface area contributed by atoms with Crippen molar-refractivity contribution in [3.8, 4) is 0 Å². The summed E-state index contributed by atoms with van der Waals surface area (Å²) < 4.78 is 0. The Hall–Kier alpha value is 0.270. The molecule has 2 nitrogen and oxygen atoms in total. The monoisotopic (exact) mass is 256 g/mol. The molecule has 100 valence electrons. The summed E-state index contributed by atoms with van der Waals surface area (Å²) in [6, 6.07) is 2.56. The minimum atomic E-state index is 0.809. The summed E-state index contributed by atoms with van der Waals surface area (Å²) in [5.41, 5.74) is 0. The fourth-order valence-electron chi connectivity index (χ4n) is 3.43. The van der Waals surface area contributed by atoms with Gasteiger partial charge < -0.3 is 10.2 Å². The number of thioether (sulfide) groups is 1. The first kappa shape index (κ1) is 13.7. The van der Waals surface area contributed by atoms with Crippen molar-refractivity contribution >= 4 is 11.8 Å². The molecular formula is C14H28N2S. The van der Waals surface area contributed by atoms with Crippen LogP contribution in [0.3, 0.4) is 0 Å². The van der Waals surface area contributed by atoms with Crippen LogP contribution in [0.4, 0.5) is 0 Å². The van der Waals surface area contributed by atoms with E-state index in [4.69, 9.17) is 0 Å². The van der Waals surface area contributed by atoms with Gasteiger partial charge in [-0.25, -0.2) is 0 Å². The van der Waals surface area contributed by atoms with Crippen LogP contribution in [0.15, 0.2) is 0 Å². The fraction of sp³-hybridized carbons (Fsp3) is 1.00. The zero-order valence-corrected chi connectivity index (χ0v) is 12.3. The summed E-state index contributed by atoms with van der Waals surface area (Å²) in [6.45, 7) is 1.24. The van der Waals surface area contributed by atoms with Gasteiger partial charge in [-0.2, -0.15) is 11.8 Å². The molecule has 2 unspecified atom stereocenters. The molecule has 0 amide bonds. The van der Waals surface area contributed by atoms with Crippen molar-refractivity contribution in [2.75, 3.05) is 25.6 Å². The number of fused-ring (bicyclic) bond motifs is 2. The predicted octanol–water partition coefficient (Wildman–Crippen LogP) is 2.73. The van der Waals surface area contributed by atoms with Gasteiger partial charge in [0.1, 0.15) is 0 Å². The molecule has 2 rings (SSSR count). The number of hydrogen-bond donors (Lipinski definition) is 1. The highest BCUT2D eigenvalue weighted by molar-refractivity contribution is 7.98. The van der Waals surface area contributed by atoms with Gasteiger partial charge in [0.05, 0.1) is 0 Å². The highest BCUT2D eigenvalue weighted by Crippen LogP contribution is 2.34. The van der Waals surface area contributed by atoms with Gasteiger partial charge in [0, 0.05) is 18.1 Å². The maximum atomic E-state index is 3.79. The average Bonchev–Trinajstić information content (AvgIpc) is 2.55. The van der Waals surface area contributed by atoms with Crippen LogP contribution in [0.5, 0.6) is 0 Å². The van der Waals surface area contributed by atoms with Gasteiger partial charge in [0.25, 0.3) is 0 Å². The van der Waals surface area contributed by atoms with Crippen LogP contribution in [0.1, 0.15) is 44.9 Å². The summed E-state index contributed by atoms with van der Waals surface area (Å²) in [5.74, 6) is 1.33. The molecule has 2 saturated heterocycles. The minimum Gasteiger partial charge on any atom is -0.314 e. The molecule has 2 heterocycles. The fourth-order valence-corrected chi connectivity index (χ4v) is 3.93. The van der Waals surface area contributed by atoms with E-state index in [9.17, 15) is 0 Å². The SMILES string of the molecule is CSCCCCCNC1CC2CCC(C1)N2C. The first-order valence-corrected chi connectivity index (χ1v) is 8.65. The number of rotatable bonds is 7. The molecule has 0 aromatic carbocycles. The van der Waals surface area contributed by atoms with Crippen LogP contribution < -0.4 is 5.32 Å². The molecule has 2 aliphatic heterocycles. The first-order chi connectivity index (χ1) is 8.31. The number of unbranched alkanes of at least 4 members (excludes halogenated alkanes) is 2. The Kier molecular flexibility index (Phi) is 5.64. The Morgan fingerprint density at radius 1 is 1.12 bits per heavy atom. The average molecular weight is 256 g/mol. The van der Waals surface area contributed by atoms with Crippen molar-refractivity contribution in [3.63, 3.8) is 0 Å². The van der Waals surface area contributed by atoms with E-state index in [1.54, 1.807) is 0 Å². The van der Waals surface area contributed by atoms with Crippen LogP contribution in [-0.4, -0.2) is 48.6 Å². The normalized spacial score (nSPS) is 33.2. The molecule has 0 radical (unpaired) electrons. The lowest BCUT2D eigenvalue weighted by atomic mass is 9.98. The molecule has 2 atom stereocenters. The van der Waals surface area contributed by atoms with E-state index in [0.29, 0.717) is 0 Å². The molecule has 0 saturated carbocycles.